The van der Waals surface area contributed by atoms with Crippen molar-refractivity contribution in [3.05, 3.63) is 124 Å². The molecule has 206 valence electrons. The average Bonchev–Trinajstić information content (AvgIpc) is 3.35. The van der Waals surface area contributed by atoms with E-state index in [1.807, 2.05) is 30.3 Å². The van der Waals surface area contributed by atoms with Gasteiger partial charge in [-0.15, -0.1) is 0 Å². The van der Waals surface area contributed by atoms with Crippen molar-refractivity contribution in [1.29, 1.82) is 5.41 Å². The zero-order valence-electron chi connectivity index (χ0n) is 21.9. The zero-order valence-corrected chi connectivity index (χ0v) is 22.7. The number of rotatable bonds is 9. The second kappa shape index (κ2) is 11.5. The van der Waals surface area contributed by atoms with Gasteiger partial charge in [0.2, 0.25) is 0 Å². The highest BCUT2D eigenvalue weighted by Crippen LogP contribution is 2.41. The lowest BCUT2D eigenvalue weighted by molar-refractivity contribution is -0.144. The first-order chi connectivity index (χ1) is 19.6. The van der Waals surface area contributed by atoms with Crippen LogP contribution in [-0.2, 0) is 28.9 Å². The van der Waals surface area contributed by atoms with E-state index in [9.17, 15) is 23.9 Å². The number of hydrogen-bond acceptors (Lipinski definition) is 4. The van der Waals surface area contributed by atoms with Crippen molar-refractivity contribution in [2.45, 2.75) is 25.7 Å². The number of Topliss-reactive ketones (excluding diaryl/α,β-unsaturated/α-hetero) is 1. The van der Waals surface area contributed by atoms with Crippen LogP contribution in [0.5, 0.6) is 0 Å². The van der Waals surface area contributed by atoms with E-state index in [0.29, 0.717) is 21.8 Å². The minimum absolute atomic E-state index is 0.0257. The fourth-order valence-corrected chi connectivity index (χ4v) is 5.28. The highest BCUT2D eigenvalue weighted by Gasteiger charge is 2.48. The Labute approximate surface area is 241 Å². The van der Waals surface area contributed by atoms with Gasteiger partial charge >= 0.3 is 5.97 Å². The number of hydrogen-bond donors (Lipinski definition) is 3. The summed E-state index contributed by atoms with van der Waals surface area (Å²) in [5.74, 6) is -2.20. The first-order valence-corrected chi connectivity index (χ1v) is 13.4. The molecule has 1 aliphatic rings. The van der Waals surface area contributed by atoms with Gasteiger partial charge in [0, 0.05) is 34.8 Å². The molecule has 1 aliphatic carbocycles. The third-order valence-electron chi connectivity index (χ3n) is 7.45. The second-order valence-electron chi connectivity index (χ2n) is 10.3. The number of benzene rings is 4. The summed E-state index contributed by atoms with van der Waals surface area (Å²) in [5.41, 5.74) is 3.53. The Hall–Kier alpha value is -4.62. The molecule has 0 heterocycles. The van der Waals surface area contributed by atoms with E-state index in [4.69, 9.17) is 17.0 Å². The Morgan fingerprint density at radius 2 is 1.49 bits per heavy atom. The highest BCUT2D eigenvalue weighted by molar-refractivity contribution is 6.30. The maximum absolute atomic E-state index is 13.1. The molecular formula is C33H26ClFN2O4. The standard InChI is InChI=1S/C33H26ClFN2O4/c34-26-9-5-21(6-10-26)23-3-4-24-18-33(32(40)41,19-25(24)16-23)30(36)17-29(38)15-20-1-13-28(14-2-20)37-31(39)22-7-11-27(35)12-8-22/h1-14,16,36H,15,17-19H2,(H,37,39)(H,40,41). The molecule has 0 fully saturated rings. The molecule has 0 radical (unpaired) electrons. The van der Waals surface area contributed by atoms with Crippen LogP contribution in [-0.4, -0.2) is 28.5 Å². The van der Waals surface area contributed by atoms with Crippen LogP contribution >= 0.6 is 11.6 Å². The lowest BCUT2D eigenvalue weighted by Gasteiger charge is -2.24. The van der Waals surface area contributed by atoms with Crippen LogP contribution < -0.4 is 5.32 Å². The minimum atomic E-state index is -1.47. The molecule has 5 rings (SSSR count). The van der Waals surface area contributed by atoms with E-state index in [2.05, 4.69) is 5.32 Å². The number of halogens is 2. The number of nitrogens with one attached hydrogen (secondary N) is 2. The Bertz CT molecular complexity index is 1650. The van der Waals surface area contributed by atoms with Crippen molar-refractivity contribution in [3.8, 4) is 11.1 Å². The van der Waals surface area contributed by atoms with Gasteiger partial charge in [-0.1, -0.05) is 54.1 Å². The molecule has 0 saturated heterocycles. The summed E-state index contributed by atoms with van der Waals surface area (Å²) in [5, 5.41) is 22.2. The van der Waals surface area contributed by atoms with Crippen molar-refractivity contribution in [2.75, 3.05) is 5.32 Å². The van der Waals surface area contributed by atoms with Crippen molar-refractivity contribution >= 4 is 40.7 Å². The fourth-order valence-electron chi connectivity index (χ4n) is 5.16. The summed E-state index contributed by atoms with van der Waals surface area (Å²) in [6, 6.07) is 25.1. The maximum atomic E-state index is 13.1. The van der Waals surface area contributed by atoms with Gasteiger partial charge in [-0.25, -0.2) is 4.39 Å². The average molecular weight is 569 g/mol. The van der Waals surface area contributed by atoms with Crippen LogP contribution in [0, 0.1) is 16.6 Å². The van der Waals surface area contributed by atoms with Crippen LogP contribution in [0.15, 0.2) is 91.0 Å². The largest absolute Gasteiger partial charge is 0.481 e. The number of amides is 1. The molecule has 1 atom stereocenters. The summed E-state index contributed by atoms with van der Waals surface area (Å²) in [6.45, 7) is 0. The van der Waals surface area contributed by atoms with Gasteiger partial charge in [-0.05, 0) is 89.2 Å². The van der Waals surface area contributed by atoms with E-state index < -0.39 is 17.2 Å². The van der Waals surface area contributed by atoms with Gasteiger partial charge in [0.05, 0.1) is 0 Å². The Morgan fingerprint density at radius 3 is 2.15 bits per heavy atom. The zero-order chi connectivity index (χ0) is 29.1. The van der Waals surface area contributed by atoms with E-state index >= 15 is 0 Å². The molecule has 0 bridgehead atoms. The summed E-state index contributed by atoms with van der Waals surface area (Å²) in [6.07, 6.45) is 0.0616. The van der Waals surface area contributed by atoms with Gasteiger partial charge in [0.1, 0.15) is 17.0 Å². The Kier molecular flexibility index (Phi) is 7.81. The van der Waals surface area contributed by atoms with Crippen molar-refractivity contribution in [1.82, 2.24) is 0 Å². The number of anilines is 1. The molecular weight excluding hydrogens is 543 g/mol. The third kappa shape index (κ3) is 6.10. The van der Waals surface area contributed by atoms with E-state index in [-0.39, 0.29) is 43.1 Å². The van der Waals surface area contributed by atoms with Crippen molar-refractivity contribution in [2.24, 2.45) is 5.41 Å². The van der Waals surface area contributed by atoms with Gasteiger partial charge in [-0.3, -0.25) is 14.4 Å². The maximum Gasteiger partial charge on any atom is 0.316 e. The van der Waals surface area contributed by atoms with Crippen LogP contribution in [0.4, 0.5) is 10.1 Å². The summed E-state index contributed by atoms with van der Waals surface area (Å²) >= 11 is 6.00. The van der Waals surface area contributed by atoms with Crippen LogP contribution in [0.25, 0.3) is 11.1 Å². The number of carbonyl (C=O) groups is 3. The lowest BCUT2D eigenvalue weighted by atomic mass is 9.77. The predicted molar refractivity (Wildman–Crippen MR) is 156 cm³/mol. The molecule has 4 aromatic rings. The molecule has 6 nitrogen and oxygen atoms in total. The quantitative estimate of drug-likeness (QED) is 0.193. The number of carboxylic acid groups (broad SMARTS) is 1. The molecule has 3 N–H and O–H groups in total. The molecule has 0 aromatic heterocycles. The molecule has 0 spiro atoms. The highest BCUT2D eigenvalue weighted by atomic mass is 35.5. The molecule has 0 aliphatic heterocycles. The number of ketones is 1. The summed E-state index contributed by atoms with van der Waals surface area (Å²) in [7, 11) is 0. The molecule has 1 unspecified atom stereocenters. The number of fused-ring (bicyclic) bond motifs is 1. The van der Waals surface area contributed by atoms with Crippen LogP contribution in [0.2, 0.25) is 5.02 Å². The van der Waals surface area contributed by atoms with Gasteiger partial charge in [-0.2, -0.15) is 0 Å². The van der Waals surface area contributed by atoms with E-state index in [1.54, 1.807) is 36.4 Å². The summed E-state index contributed by atoms with van der Waals surface area (Å²) in [4.78, 5) is 37.7. The van der Waals surface area contributed by atoms with Crippen LogP contribution in [0.3, 0.4) is 0 Å². The smallest absolute Gasteiger partial charge is 0.316 e. The number of carboxylic acids is 1. The normalized spacial score (nSPS) is 15.7. The third-order valence-corrected chi connectivity index (χ3v) is 7.70. The van der Waals surface area contributed by atoms with E-state index in [0.717, 1.165) is 22.3 Å². The van der Waals surface area contributed by atoms with Crippen molar-refractivity contribution < 1.29 is 23.9 Å². The van der Waals surface area contributed by atoms with Crippen LogP contribution in [0.1, 0.15) is 33.5 Å². The first-order valence-electron chi connectivity index (χ1n) is 13.0. The molecule has 41 heavy (non-hydrogen) atoms. The molecule has 0 saturated carbocycles. The monoisotopic (exact) mass is 568 g/mol. The van der Waals surface area contributed by atoms with E-state index in [1.165, 1.54) is 24.3 Å². The predicted octanol–water partition coefficient (Wildman–Crippen LogP) is 6.79. The number of carbonyl (C=O) groups excluding carboxylic acids is 2. The molecule has 1 amide bonds. The topological polar surface area (TPSA) is 107 Å². The van der Waals surface area contributed by atoms with Crippen molar-refractivity contribution in [3.63, 3.8) is 0 Å². The number of aliphatic carboxylic acids is 1. The van der Waals surface area contributed by atoms with Gasteiger partial charge < -0.3 is 15.8 Å². The summed E-state index contributed by atoms with van der Waals surface area (Å²) < 4.78 is 13.1. The van der Waals surface area contributed by atoms with Gasteiger partial charge in [0.25, 0.3) is 5.91 Å². The lowest BCUT2D eigenvalue weighted by Crippen LogP contribution is -2.41. The Morgan fingerprint density at radius 1 is 0.854 bits per heavy atom. The van der Waals surface area contributed by atoms with Gasteiger partial charge in [0.15, 0.2) is 0 Å². The SMILES string of the molecule is N=C(CC(=O)Cc1ccc(NC(=O)c2ccc(F)cc2)cc1)C1(C(=O)O)Cc2ccc(-c3ccc(Cl)cc3)cc2C1. The Balaban J connectivity index is 1.22. The molecule has 8 heteroatoms. The fraction of sp³-hybridized carbons (Fsp3) is 0.152. The second-order valence-corrected chi connectivity index (χ2v) is 10.7. The first kappa shape index (κ1) is 27.9. The minimum Gasteiger partial charge on any atom is -0.481 e. The molecule has 4 aromatic carbocycles.